The van der Waals surface area contributed by atoms with Gasteiger partial charge in [-0.05, 0) is 6.92 Å². The van der Waals surface area contributed by atoms with Crippen LogP contribution in [0.4, 0.5) is 10.7 Å². The van der Waals surface area contributed by atoms with Crippen molar-refractivity contribution in [3.05, 3.63) is 4.88 Å². The van der Waals surface area contributed by atoms with Crippen LogP contribution in [-0.2, 0) is 9.84 Å². The Labute approximate surface area is 118 Å². The zero-order chi connectivity index (χ0) is 15.0. The van der Waals surface area contributed by atoms with E-state index in [9.17, 15) is 13.2 Å². The smallest absolute Gasteiger partial charge is 0.180 e. The number of nitrogen functional groups attached to an aromatic ring is 1. The number of thiophene rings is 1. The minimum atomic E-state index is -3.47. The average Bonchev–Trinajstić information content (AvgIpc) is 2.64. The van der Waals surface area contributed by atoms with Gasteiger partial charge in [-0.2, -0.15) is 0 Å². The van der Waals surface area contributed by atoms with Crippen molar-refractivity contribution in [3.8, 4) is 0 Å². The van der Waals surface area contributed by atoms with Crippen LogP contribution in [0.15, 0.2) is 4.90 Å². The van der Waals surface area contributed by atoms with E-state index in [1.165, 1.54) is 0 Å². The van der Waals surface area contributed by atoms with Crippen LogP contribution in [-0.4, -0.2) is 34.0 Å². The van der Waals surface area contributed by atoms with Gasteiger partial charge in [0.15, 0.2) is 15.6 Å². The fraction of sp³-hybridized carbons (Fsp3) is 0.583. The molecule has 0 radical (unpaired) electrons. The summed E-state index contributed by atoms with van der Waals surface area (Å²) in [6.07, 6.45) is 1.11. The number of Topliss-reactive ketones (excluding diaryl/α,β-unsaturated/α-hetero) is 1. The monoisotopic (exact) mass is 304 g/mol. The molecule has 0 atom stereocenters. The molecule has 1 aromatic heterocycles. The number of hydrogen-bond acceptors (Lipinski definition) is 6. The van der Waals surface area contributed by atoms with Gasteiger partial charge in [-0.1, -0.05) is 13.8 Å². The van der Waals surface area contributed by atoms with E-state index in [1.807, 2.05) is 6.92 Å². The number of anilines is 2. The molecular weight excluding hydrogens is 284 g/mol. The summed E-state index contributed by atoms with van der Waals surface area (Å²) in [5, 5.41) is 0.534. The number of carbonyl (C=O) groups excluding carboxylic acids is 1. The quantitative estimate of drug-likeness (QED) is 0.842. The molecule has 1 heterocycles. The lowest BCUT2D eigenvalue weighted by molar-refractivity contribution is 0.0944. The largest absolute Gasteiger partial charge is 0.396 e. The third kappa shape index (κ3) is 3.09. The standard InChI is InChI=1S/C12H20N2O3S2/c1-6-14(4)12-11(19(5,16)17)8(13)10(18-12)9(15)7(2)3/h7H,6,13H2,1-5H3. The predicted molar refractivity (Wildman–Crippen MR) is 80.0 cm³/mol. The van der Waals surface area contributed by atoms with Crippen molar-refractivity contribution >= 4 is 37.6 Å². The van der Waals surface area contributed by atoms with Crippen molar-refractivity contribution in [2.24, 2.45) is 5.92 Å². The van der Waals surface area contributed by atoms with Gasteiger partial charge in [-0.15, -0.1) is 11.3 Å². The van der Waals surface area contributed by atoms with Crippen LogP contribution in [0, 0.1) is 5.92 Å². The fourth-order valence-electron chi connectivity index (χ4n) is 1.61. The van der Waals surface area contributed by atoms with Crippen molar-refractivity contribution in [1.29, 1.82) is 0 Å². The van der Waals surface area contributed by atoms with Gasteiger partial charge in [0.25, 0.3) is 0 Å². The van der Waals surface area contributed by atoms with Gasteiger partial charge in [0.1, 0.15) is 9.90 Å². The minimum absolute atomic E-state index is 0.0749. The Balaban J connectivity index is 3.57. The normalized spacial score (nSPS) is 11.9. The summed E-state index contributed by atoms with van der Waals surface area (Å²) in [5.41, 5.74) is 5.99. The van der Waals surface area contributed by atoms with Gasteiger partial charge in [0.05, 0.1) is 10.6 Å². The minimum Gasteiger partial charge on any atom is -0.396 e. The topological polar surface area (TPSA) is 80.5 Å². The van der Waals surface area contributed by atoms with E-state index < -0.39 is 9.84 Å². The fourth-order valence-corrected chi connectivity index (χ4v) is 4.46. The second kappa shape index (κ2) is 5.50. The van der Waals surface area contributed by atoms with Crippen molar-refractivity contribution in [2.75, 3.05) is 30.5 Å². The first-order valence-corrected chi connectivity index (χ1v) is 8.69. The number of nitrogens with zero attached hydrogens (tertiary/aromatic N) is 1. The molecule has 2 N–H and O–H groups in total. The second-order valence-corrected chi connectivity index (χ2v) is 7.74. The molecular formula is C12H20N2O3S2. The summed E-state index contributed by atoms with van der Waals surface area (Å²) in [7, 11) is -1.68. The molecule has 0 saturated carbocycles. The Kier molecular flexibility index (Phi) is 4.63. The highest BCUT2D eigenvalue weighted by atomic mass is 32.2. The lowest BCUT2D eigenvalue weighted by Gasteiger charge is -2.15. The number of ketones is 1. The van der Waals surface area contributed by atoms with Gasteiger partial charge in [-0.25, -0.2) is 8.42 Å². The summed E-state index contributed by atoms with van der Waals surface area (Å²) in [5.74, 6) is -0.337. The van der Waals surface area contributed by atoms with Crippen molar-refractivity contribution < 1.29 is 13.2 Å². The Bertz CT molecular complexity index is 588. The zero-order valence-corrected chi connectivity index (χ0v) is 13.5. The Morgan fingerprint density at radius 1 is 1.42 bits per heavy atom. The van der Waals surface area contributed by atoms with E-state index in [4.69, 9.17) is 5.73 Å². The highest BCUT2D eigenvalue weighted by Gasteiger charge is 2.29. The first-order chi connectivity index (χ1) is 8.61. The van der Waals surface area contributed by atoms with Crippen LogP contribution in [0.25, 0.3) is 0 Å². The molecule has 108 valence electrons. The molecule has 0 amide bonds. The molecule has 0 aliphatic carbocycles. The SMILES string of the molecule is CCN(C)c1sc(C(=O)C(C)C)c(N)c1S(C)(=O)=O. The molecule has 0 bridgehead atoms. The van der Waals surface area contributed by atoms with Crippen LogP contribution in [0.2, 0.25) is 0 Å². The van der Waals surface area contributed by atoms with Gasteiger partial charge in [-0.3, -0.25) is 4.79 Å². The van der Waals surface area contributed by atoms with E-state index >= 15 is 0 Å². The molecule has 0 unspecified atom stereocenters. The summed E-state index contributed by atoms with van der Waals surface area (Å²) >= 11 is 1.15. The Morgan fingerprint density at radius 2 is 1.95 bits per heavy atom. The molecule has 0 aromatic carbocycles. The van der Waals surface area contributed by atoms with E-state index in [0.717, 1.165) is 17.6 Å². The molecule has 0 aliphatic heterocycles. The van der Waals surface area contributed by atoms with Crippen molar-refractivity contribution in [3.63, 3.8) is 0 Å². The number of hydrogen-bond donors (Lipinski definition) is 1. The molecule has 0 saturated heterocycles. The van der Waals surface area contributed by atoms with Crippen LogP contribution >= 0.6 is 11.3 Å². The maximum absolute atomic E-state index is 12.1. The zero-order valence-electron chi connectivity index (χ0n) is 11.9. The second-order valence-electron chi connectivity index (χ2n) is 4.78. The predicted octanol–water partition coefficient (Wildman–Crippen LogP) is 2.03. The molecule has 0 fully saturated rings. The lowest BCUT2D eigenvalue weighted by atomic mass is 10.1. The lowest BCUT2D eigenvalue weighted by Crippen LogP contribution is -2.17. The molecule has 0 aliphatic rings. The summed E-state index contributed by atoms with van der Waals surface area (Å²) in [4.78, 5) is 14.3. The van der Waals surface area contributed by atoms with Crippen molar-refractivity contribution in [1.82, 2.24) is 0 Å². The highest BCUT2D eigenvalue weighted by molar-refractivity contribution is 7.91. The summed E-state index contributed by atoms with van der Waals surface area (Å²) in [6, 6.07) is 0. The number of sulfone groups is 1. The van der Waals surface area contributed by atoms with Gasteiger partial charge < -0.3 is 10.6 Å². The van der Waals surface area contributed by atoms with Gasteiger partial charge in [0, 0.05) is 25.8 Å². The average molecular weight is 304 g/mol. The van der Waals surface area contributed by atoms with Crippen LogP contribution < -0.4 is 10.6 Å². The van der Waals surface area contributed by atoms with E-state index in [1.54, 1.807) is 25.8 Å². The molecule has 1 rings (SSSR count). The molecule has 7 heteroatoms. The Hall–Kier alpha value is -1.08. The van der Waals surface area contributed by atoms with Crippen molar-refractivity contribution in [2.45, 2.75) is 25.7 Å². The van der Waals surface area contributed by atoms with E-state index in [-0.39, 0.29) is 22.3 Å². The number of nitrogens with two attached hydrogens (primary N) is 1. The van der Waals surface area contributed by atoms with Crippen LogP contribution in [0.5, 0.6) is 0 Å². The molecule has 5 nitrogen and oxygen atoms in total. The summed E-state index contributed by atoms with van der Waals surface area (Å²) in [6.45, 7) is 6.08. The van der Waals surface area contributed by atoms with Crippen LogP contribution in [0.1, 0.15) is 30.4 Å². The maximum atomic E-state index is 12.1. The molecule has 19 heavy (non-hydrogen) atoms. The van der Waals surface area contributed by atoms with Crippen LogP contribution in [0.3, 0.4) is 0 Å². The first-order valence-electron chi connectivity index (χ1n) is 5.98. The van der Waals surface area contributed by atoms with Gasteiger partial charge >= 0.3 is 0 Å². The third-order valence-electron chi connectivity index (χ3n) is 2.82. The summed E-state index contributed by atoms with van der Waals surface area (Å²) < 4.78 is 23.8. The molecule has 0 spiro atoms. The number of carbonyl (C=O) groups is 1. The highest BCUT2D eigenvalue weighted by Crippen LogP contribution is 2.41. The third-order valence-corrected chi connectivity index (χ3v) is 5.44. The van der Waals surface area contributed by atoms with Gasteiger partial charge in [0.2, 0.25) is 0 Å². The number of rotatable bonds is 5. The van der Waals surface area contributed by atoms with E-state index in [2.05, 4.69) is 0 Å². The van der Waals surface area contributed by atoms with E-state index in [0.29, 0.717) is 16.4 Å². The Morgan fingerprint density at radius 3 is 2.32 bits per heavy atom. The molecule has 1 aromatic rings. The maximum Gasteiger partial charge on any atom is 0.180 e. The first kappa shape index (κ1) is 16.0.